The molecule has 1 heterocycles. The number of fused-ring (bicyclic) bond motifs is 1. The molecular formula is C13H16O3. The van der Waals surface area contributed by atoms with Gasteiger partial charge in [-0.3, -0.25) is 4.79 Å². The Bertz CT molecular complexity index is 387. The molecule has 0 amide bonds. The maximum Gasteiger partial charge on any atom is 0.310 e. The number of aryl methyl sites for hydroxylation is 1. The Hall–Kier alpha value is -1.51. The zero-order valence-electron chi connectivity index (χ0n) is 9.35. The summed E-state index contributed by atoms with van der Waals surface area (Å²) in [5, 5.41) is 9.09. The van der Waals surface area contributed by atoms with Gasteiger partial charge in [0.05, 0.1) is 5.92 Å². The van der Waals surface area contributed by atoms with Crippen molar-refractivity contribution in [3.63, 3.8) is 0 Å². The molecule has 1 N–H and O–H groups in total. The Kier molecular flexibility index (Phi) is 3.13. The fraction of sp³-hybridized carbons (Fsp3) is 0.462. The molecule has 3 heteroatoms. The van der Waals surface area contributed by atoms with Crippen LogP contribution in [0.3, 0.4) is 0 Å². The van der Waals surface area contributed by atoms with Crippen LogP contribution in [-0.4, -0.2) is 17.2 Å². The van der Waals surface area contributed by atoms with Gasteiger partial charge in [0.25, 0.3) is 0 Å². The molecule has 3 nitrogen and oxygen atoms in total. The van der Waals surface area contributed by atoms with E-state index in [-0.39, 0.29) is 6.10 Å². The van der Waals surface area contributed by atoms with Crippen molar-refractivity contribution in [2.24, 2.45) is 5.92 Å². The molecule has 0 spiro atoms. The summed E-state index contributed by atoms with van der Waals surface area (Å²) in [5.41, 5.74) is 1.18. The molecule has 1 aromatic carbocycles. The summed E-state index contributed by atoms with van der Waals surface area (Å²) < 4.78 is 5.77. The Morgan fingerprint density at radius 2 is 2.31 bits per heavy atom. The highest BCUT2D eigenvalue weighted by atomic mass is 16.5. The lowest BCUT2D eigenvalue weighted by Crippen LogP contribution is -2.35. The van der Waals surface area contributed by atoms with Gasteiger partial charge in [-0.25, -0.2) is 0 Å². The smallest absolute Gasteiger partial charge is 0.310 e. The zero-order chi connectivity index (χ0) is 11.5. The third-order valence-corrected chi connectivity index (χ3v) is 3.15. The van der Waals surface area contributed by atoms with E-state index in [0.717, 1.165) is 18.6 Å². The highest BCUT2D eigenvalue weighted by Crippen LogP contribution is 2.30. The van der Waals surface area contributed by atoms with Crippen LogP contribution in [0.25, 0.3) is 0 Å². The number of benzene rings is 1. The maximum atomic E-state index is 11.1. The van der Waals surface area contributed by atoms with Gasteiger partial charge in [0.1, 0.15) is 11.9 Å². The lowest BCUT2D eigenvalue weighted by Gasteiger charge is -2.29. The lowest BCUT2D eigenvalue weighted by atomic mass is 9.91. The predicted molar refractivity (Wildman–Crippen MR) is 60.6 cm³/mol. The Morgan fingerprint density at radius 1 is 1.56 bits per heavy atom. The van der Waals surface area contributed by atoms with Gasteiger partial charge in [0.2, 0.25) is 0 Å². The number of rotatable bonds is 3. The van der Waals surface area contributed by atoms with Gasteiger partial charge >= 0.3 is 5.97 Å². The van der Waals surface area contributed by atoms with E-state index >= 15 is 0 Å². The number of carbonyl (C=O) groups is 1. The minimum Gasteiger partial charge on any atom is -0.489 e. The molecule has 2 rings (SSSR count). The van der Waals surface area contributed by atoms with Crippen LogP contribution in [0.2, 0.25) is 0 Å². The van der Waals surface area contributed by atoms with Gasteiger partial charge in [0.15, 0.2) is 0 Å². The zero-order valence-corrected chi connectivity index (χ0v) is 9.35. The molecule has 0 radical (unpaired) electrons. The standard InChI is InChI=1S/C13H16O3/c1-2-10(13(14)15)12-8-7-9-5-3-4-6-11(9)16-12/h3-6,10,12H,2,7-8H2,1H3,(H,14,15). The third kappa shape index (κ3) is 2.03. The number of hydrogen-bond donors (Lipinski definition) is 1. The molecule has 0 aromatic heterocycles. The second kappa shape index (κ2) is 4.56. The minimum atomic E-state index is -0.758. The molecule has 0 aliphatic carbocycles. The number of carboxylic acids is 1. The van der Waals surface area contributed by atoms with Gasteiger partial charge in [-0.1, -0.05) is 25.1 Å². The Balaban J connectivity index is 2.15. The fourth-order valence-corrected chi connectivity index (χ4v) is 2.22. The Morgan fingerprint density at radius 3 is 3.00 bits per heavy atom. The summed E-state index contributed by atoms with van der Waals surface area (Å²) in [6.07, 6.45) is 2.13. The monoisotopic (exact) mass is 220 g/mol. The molecule has 0 saturated carbocycles. The van der Waals surface area contributed by atoms with Crippen LogP contribution in [0, 0.1) is 5.92 Å². The quantitative estimate of drug-likeness (QED) is 0.851. The van der Waals surface area contributed by atoms with Crippen molar-refractivity contribution >= 4 is 5.97 Å². The van der Waals surface area contributed by atoms with Crippen LogP contribution in [0.15, 0.2) is 24.3 Å². The van der Waals surface area contributed by atoms with Crippen molar-refractivity contribution in [3.05, 3.63) is 29.8 Å². The van der Waals surface area contributed by atoms with Gasteiger partial charge in [-0.05, 0) is 30.9 Å². The van der Waals surface area contributed by atoms with Gasteiger partial charge in [-0.2, -0.15) is 0 Å². The van der Waals surface area contributed by atoms with Crippen LogP contribution in [0.5, 0.6) is 5.75 Å². The average Bonchev–Trinajstić information content (AvgIpc) is 2.29. The third-order valence-electron chi connectivity index (χ3n) is 3.15. The van der Waals surface area contributed by atoms with Crippen molar-refractivity contribution in [2.75, 3.05) is 0 Å². The average molecular weight is 220 g/mol. The van der Waals surface area contributed by atoms with Gasteiger partial charge < -0.3 is 9.84 Å². The van der Waals surface area contributed by atoms with E-state index in [4.69, 9.17) is 9.84 Å². The lowest BCUT2D eigenvalue weighted by molar-refractivity contribution is -0.145. The molecule has 86 valence electrons. The van der Waals surface area contributed by atoms with Crippen LogP contribution in [0.1, 0.15) is 25.3 Å². The highest BCUT2D eigenvalue weighted by Gasteiger charge is 2.31. The topological polar surface area (TPSA) is 46.5 Å². The number of para-hydroxylation sites is 1. The molecule has 2 unspecified atom stereocenters. The van der Waals surface area contributed by atoms with Crippen molar-refractivity contribution in [1.82, 2.24) is 0 Å². The van der Waals surface area contributed by atoms with Crippen molar-refractivity contribution < 1.29 is 14.6 Å². The largest absolute Gasteiger partial charge is 0.489 e. The van der Waals surface area contributed by atoms with E-state index in [9.17, 15) is 4.79 Å². The molecule has 0 fully saturated rings. The van der Waals surface area contributed by atoms with Crippen molar-refractivity contribution in [3.8, 4) is 5.75 Å². The normalized spacial score (nSPS) is 20.7. The van der Waals surface area contributed by atoms with E-state index < -0.39 is 11.9 Å². The number of carboxylic acid groups (broad SMARTS) is 1. The van der Waals surface area contributed by atoms with E-state index in [1.54, 1.807) is 0 Å². The van der Waals surface area contributed by atoms with Crippen LogP contribution < -0.4 is 4.74 Å². The summed E-state index contributed by atoms with van der Waals surface area (Å²) in [7, 11) is 0. The van der Waals surface area contributed by atoms with Gasteiger partial charge in [-0.15, -0.1) is 0 Å². The summed E-state index contributed by atoms with van der Waals surface area (Å²) in [5.74, 6) is -0.307. The summed E-state index contributed by atoms with van der Waals surface area (Å²) in [4.78, 5) is 11.1. The van der Waals surface area contributed by atoms with E-state index in [0.29, 0.717) is 6.42 Å². The molecule has 0 bridgehead atoms. The fourth-order valence-electron chi connectivity index (χ4n) is 2.22. The predicted octanol–water partition coefficient (Wildman–Crippen LogP) is 2.49. The number of hydrogen-bond acceptors (Lipinski definition) is 2. The molecule has 1 aromatic rings. The van der Waals surface area contributed by atoms with Crippen molar-refractivity contribution in [1.29, 1.82) is 0 Å². The van der Waals surface area contributed by atoms with E-state index in [2.05, 4.69) is 0 Å². The molecule has 1 aliphatic rings. The van der Waals surface area contributed by atoms with E-state index in [1.165, 1.54) is 5.56 Å². The molecule has 16 heavy (non-hydrogen) atoms. The molecular weight excluding hydrogens is 204 g/mol. The van der Waals surface area contributed by atoms with Gasteiger partial charge in [0, 0.05) is 0 Å². The summed E-state index contributed by atoms with van der Waals surface area (Å²) >= 11 is 0. The van der Waals surface area contributed by atoms with Crippen LogP contribution >= 0.6 is 0 Å². The van der Waals surface area contributed by atoms with Crippen LogP contribution in [-0.2, 0) is 11.2 Å². The first-order valence-corrected chi connectivity index (χ1v) is 5.69. The minimum absolute atomic E-state index is 0.183. The van der Waals surface area contributed by atoms with Crippen molar-refractivity contribution in [2.45, 2.75) is 32.3 Å². The first-order valence-electron chi connectivity index (χ1n) is 5.69. The second-order valence-corrected chi connectivity index (χ2v) is 4.16. The second-order valence-electron chi connectivity index (χ2n) is 4.16. The van der Waals surface area contributed by atoms with Crippen LogP contribution in [0.4, 0.5) is 0 Å². The SMILES string of the molecule is CCC(C(=O)O)C1CCc2ccccc2O1. The Labute approximate surface area is 95.0 Å². The summed E-state index contributed by atoms with van der Waals surface area (Å²) in [6.45, 7) is 1.89. The maximum absolute atomic E-state index is 11.1. The molecule has 2 atom stereocenters. The van der Waals surface area contributed by atoms with E-state index in [1.807, 2.05) is 31.2 Å². The molecule has 1 aliphatic heterocycles. The number of aliphatic carboxylic acids is 1. The molecule has 0 saturated heterocycles. The first-order chi connectivity index (χ1) is 7.72. The first kappa shape index (κ1) is 11.0. The number of ether oxygens (including phenoxy) is 1. The highest BCUT2D eigenvalue weighted by molar-refractivity contribution is 5.70. The summed E-state index contributed by atoms with van der Waals surface area (Å²) in [6, 6.07) is 7.85.